The Morgan fingerprint density at radius 2 is 1.66 bits per heavy atom. The zero-order valence-electron chi connectivity index (χ0n) is 19.6. The predicted molar refractivity (Wildman–Crippen MR) is 135 cm³/mol. The van der Waals surface area contributed by atoms with Crippen molar-refractivity contribution in [2.45, 2.75) is 0 Å². The van der Waals surface area contributed by atoms with E-state index in [0.717, 1.165) is 17.1 Å². The van der Waals surface area contributed by atoms with Crippen LogP contribution < -0.4 is 4.90 Å². The maximum absolute atomic E-state index is 13.0. The molecule has 1 aliphatic heterocycles. The van der Waals surface area contributed by atoms with E-state index in [1.54, 1.807) is 36.3 Å². The van der Waals surface area contributed by atoms with Crippen LogP contribution in [0, 0.1) is 0 Å². The van der Waals surface area contributed by atoms with Gasteiger partial charge in [0.05, 0.1) is 12.3 Å². The molecule has 0 bridgehead atoms. The average Bonchev–Trinajstić information content (AvgIpc) is 2.91. The smallest absolute Gasteiger partial charge is 0.254 e. The maximum Gasteiger partial charge on any atom is 0.254 e. The van der Waals surface area contributed by atoms with Crippen molar-refractivity contribution in [2.24, 2.45) is 0 Å². The molecule has 0 saturated carbocycles. The molecule has 1 saturated heterocycles. The highest BCUT2D eigenvalue weighted by Gasteiger charge is 2.26. The van der Waals surface area contributed by atoms with Crippen molar-refractivity contribution in [2.75, 3.05) is 57.9 Å². The van der Waals surface area contributed by atoms with Crippen LogP contribution >= 0.6 is 11.6 Å². The van der Waals surface area contributed by atoms with E-state index >= 15 is 0 Å². The van der Waals surface area contributed by atoms with Gasteiger partial charge in [0.1, 0.15) is 6.54 Å². The van der Waals surface area contributed by atoms with Gasteiger partial charge >= 0.3 is 0 Å². The molecule has 182 valence electrons. The first-order chi connectivity index (χ1) is 17.0. The molecule has 1 aromatic heterocycles. The monoisotopic (exact) mass is 493 g/mol. The SMILES string of the molecule is COCCN(CC(=O)N1CCN(c2ccc(-c3ccccc3)nn2)CC1)C(=O)c1ccc(Cl)cc1. The highest BCUT2D eigenvalue weighted by Crippen LogP contribution is 2.19. The highest BCUT2D eigenvalue weighted by atomic mass is 35.5. The Morgan fingerprint density at radius 1 is 0.943 bits per heavy atom. The number of halogens is 1. The van der Waals surface area contributed by atoms with Gasteiger partial charge in [-0.15, -0.1) is 10.2 Å². The molecule has 2 aromatic carbocycles. The molecule has 0 N–H and O–H groups in total. The van der Waals surface area contributed by atoms with Gasteiger partial charge in [-0.25, -0.2) is 0 Å². The first kappa shape index (κ1) is 24.6. The standard InChI is InChI=1S/C26H28ClN5O3/c1-35-18-17-32(26(34)21-7-9-22(27)10-8-21)19-25(33)31-15-13-30(14-16-31)24-12-11-23(28-29-24)20-5-3-2-4-6-20/h2-12H,13-19H2,1H3. The fourth-order valence-electron chi connectivity index (χ4n) is 3.93. The molecule has 8 nitrogen and oxygen atoms in total. The predicted octanol–water partition coefficient (Wildman–Crippen LogP) is 3.23. The third-order valence-corrected chi connectivity index (χ3v) is 6.20. The summed E-state index contributed by atoms with van der Waals surface area (Å²) in [6, 6.07) is 20.5. The fraction of sp³-hybridized carbons (Fsp3) is 0.308. The number of ether oxygens (including phenoxy) is 1. The van der Waals surface area contributed by atoms with Gasteiger partial charge in [0.25, 0.3) is 5.91 Å². The molecule has 2 heterocycles. The van der Waals surface area contributed by atoms with Gasteiger partial charge in [-0.2, -0.15) is 0 Å². The first-order valence-electron chi connectivity index (χ1n) is 11.5. The summed E-state index contributed by atoms with van der Waals surface area (Å²) >= 11 is 5.94. The molecule has 2 amide bonds. The quantitative estimate of drug-likeness (QED) is 0.479. The second kappa shape index (κ2) is 11.8. The Balaban J connectivity index is 1.34. The number of carbonyl (C=O) groups is 2. The van der Waals surface area contributed by atoms with Crippen molar-refractivity contribution in [3.05, 3.63) is 77.3 Å². The van der Waals surface area contributed by atoms with E-state index in [0.29, 0.717) is 49.9 Å². The second-order valence-corrected chi connectivity index (χ2v) is 8.67. The van der Waals surface area contributed by atoms with Crippen LogP contribution in [0.4, 0.5) is 5.82 Å². The molecule has 9 heteroatoms. The normalized spacial score (nSPS) is 13.5. The number of aromatic nitrogens is 2. The Morgan fingerprint density at radius 3 is 2.29 bits per heavy atom. The number of piperazine rings is 1. The molecule has 0 atom stereocenters. The number of anilines is 1. The molecule has 0 radical (unpaired) electrons. The summed E-state index contributed by atoms with van der Waals surface area (Å²) in [5, 5.41) is 9.31. The summed E-state index contributed by atoms with van der Waals surface area (Å²) in [5.74, 6) is 0.476. The van der Waals surface area contributed by atoms with E-state index < -0.39 is 0 Å². The lowest BCUT2D eigenvalue weighted by Gasteiger charge is -2.36. The van der Waals surface area contributed by atoms with E-state index in [9.17, 15) is 9.59 Å². The van der Waals surface area contributed by atoms with Crippen molar-refractivity contribution >= 4 is 29.2 Å². The highest BCUT2D eigenvalue weighted by molar-refractivity contribution is 6.30. The van der Waals surface area contributed by atoms with E-state index in [1.165, 1.54) is 4.90 Å². The van der Waals surface area contributed by atoms with Gasteiger partial charge in [0.2, 0.25) is 5.91 Å². The number of hydrogen-bond acceptors (Lipinski definition) is 6. The third kappa shape index (κ3) is 6.35. The number of amides is 2. The maximum atomic E-state index is 13.0. The number of methoxy groups -OCH3 is 1. The van der Waals surface area contributed by atoms with Gasteiger partial charge in [0.15, 0.2) is 5.82 Å². The first-order valence-corrected chi connectivity index (χ1v) is 11.9. The van der Waals surface area contributed by atoms with Crippen molar-refractivity contribution in [3.63, 3.8) is 0 Å². The molecule has 3 aromatic rings. The van der Waals surface area contributed by atoms with Crippen molar-refractivity contribution in [1.29, 1.82) is 0 Å². The minimum atomic E-state index is -0.223. The summed E-state index contributed by atoms with van der Waals surface area (Å²) in [6.45, 7) is 3.06. The van der Waals surface area contributed by atoms with Gasteiger partial charge in [0, 0.05) is 56.0 Å². The van der Waals surface area contributed by atoms with Gasteiger partial charge in [-0.3, -0.25) is 9.59 Å². The Hall–Kier alpha value is -3.49. The summed E-state index contributed by atoms with van der Waals surface area (Å²) < 4.78 is 5.14. The Labute approximate surface area is 210 Å². The van der Waals surface area contributed by atoms with Gasteiger partial charge < -0.3 is 19.4 Å². The van der Waals surface area contributed by atoms with Crippen molar-refractivity contribution in [3.8, 4) is 11.3 Å². The number of benzene rings is 2. The van der Waals surface area contributed by atoms with Crippen LogP contribution in [0.5, 0.6) is 0 Å². The summed E-state index contributed by atoms with van der Waals surface area (Å²) in [6.07, 6.45) is 0. The van der Waals surface area contributed by atoms with Crippen LogP contribution in [0.1, 0.15) is 10.4 Å². The number of rotatable bonds is 8. The molecular weight excluding hydrogens is 466 g/mol. The van der Waals surface area contributed by atoms with Crippen LogP contribution in [-0.2, 0) is 9.53 Å². The van der Waals surface area contributed by atoms with E-state index in [2.05, 4.69) is 15.1 Å². The van der Waals surface area contributed by atoms with Crippen LogP contribution in [-0.4, -0.2) is 84.8 Å². The number of nitrogens with zero attached hydrogens (tertiary/aromatic N) is 5. The molecule has 0 spiro atoms. The molecular formula is C26H28ClN5O3. The van der Waals surface area contributed by atoms with Crippen LogP contribution in [0.3, 0.4) is 0 Å². The van der Waals surface area contributed by atoms with Crippen molar-refractivity contribution < 1.29 is 14.3 Å². The Bertz CT molecular complexity index is 1120. The van der Waals surface area contributed by atoms with E-state index in [4.69, 9.17) is 16.3 Å². The largest absolute Gasteiger partial charge is 0.383 e. The molecule has 35 heavy (non-hydrogen) atoms. The molecule has 4 rings (SSSR count). The Kier molecular flexibility index (Phi) is 8.28. The molecule has 1 aliphatic rings. The molecule has 1 fully saturated rings. The number of carbonyl (C=O) groups excluding carboxylic acids is 2. The van der Waals surface area contributed by atoms with Gasteiger partial charge in [-0.1, -0.05) is 41.9 Å². The summed E-state index contributed by atoms with van der Waals surface area (Å²) in [7, 11) is 1.57. The molecule has 0 unspecified atom stereocenters. The third-order valence-electron chi connectivity index (χ3n) is 5.95. The lowest BCUT2D eigenvalue weighted by molar-refractivity contribution is -0.132. The van der Waals surface area contributed by atoms with Crippen molar-refractivity contribution in [1.82, 2.24) is 20.0 Å². The lowest BCUT2D eigenvalue weighted by Crippen LogP contribution is -2.52. The van der Waals surface area contributed by atoms with E-state index in [1.807, 2.05) is 42.5 Å². The van der Waals surface area contributed by atoms with Crippen LogP contribution in [0.2, 0.25) is 5.02 Å². The van der Waals surface area contributed by atoms with Crippen LogP contribution in [0.15, 0.2) is 66.7 Å². The second-order valence-electron chi connectivity index (χ2n) is 8.24. The topological polar surface area (TPSA) is 78.9 Å². The van der Waals surface area contributed by atoms with Crippen LogP contribution in [0.25, 0.3) is 11.3 Å². The van der Waals surface area contributed by atoms with Gasteiger partial charge in [-0.05, 0) is 36.4 Å². The lowest BCUT2D eigenvalue weighted by atomic mass is 10.1. The summed E-state index contributed by atoms with van der Waals surface area (Å²) in [4.78, 5) is 31.4. The minimum Gasteiger partial charge on any atom is -0.383 e. The zero-order valence-corrected chi connectivity index (χ0v) is 20.4. The molecule has 0 aliphatic carbocycles. The zero-order chi connectivity index (χ0) is 24.6. The minimum absolute atomic E-state index is 0.00357. The fourth-order valence-corrected chi connectivity index (χ4v) is 4.06. The van der Waals surface area contributed by atoms with E-state index in [-0.39, 0.29) is 18.4 Å². The number of hydrogen-bond donors (Lipinski definition) is 0. The average molecular weight is 494 g/mol. The summed E-state index contributed by atoms with van der Waals surface area (Å²) in [5.41, 5.74) is 2.33.